The molecule has 0 atom stereocenters. The van der Waals surface area contributed by atoms with Gasteiger partial charge in [-0.25, -0.2) is 4.39 Å². The molecule has 0 aliphatic rings. The van der Waals surface area contributed by atoms with Gasteiger partial charge in [0.2, 0.25) is 5.91 Å². The highest BCUT2D eigenvalue weighted by molar-refractivity contribution is 9.10. The number of amides is 1. The Hall–Kier alpha value is -1.72. The number of carbonyl (C=O) groups is 1. The third-order valence-electron chi connectivity index (χ3n) is 2.92. The van der Waals surface area contributed by atoms with E-state index in [1.807, 2.05) is 24.3 Å². The minimum atomic E-state index is -0.253. The number of likely N-dealkylation sites (N-methyl/N-ethyl adjacent to an activating group) is 1. The van der Waals surface area contributed by atoms with E-state index >= 15 is 0 Å². The summed E-state index contributed by atoms with van der Waals surface area (Å²) in [6.07, 6.45) is 0. The van der Waals surface area contributed by atoms with Gasteiger partial charge in [0.1, 0.15) is 5.82 Å². The lowest BCUT2D eigenvalue weighted by Gasteiger charge is -2.16. The number of halogens is 2. The van der Waals surface area contributed by atoms with Gasteiger partial charge in [0, 0.05) is 22.3 Å². The van der Waals surface area contributed by atoms with Gasteiger partial charge in [-0.1, -0.05) is 40.2 Å². The fraction of sp³-hybridized carbons (Fsp3) is 0.188. The van der Waals surface area contributed by atoms with Crippen LogP contribution in [-0.2, 0) is 11.3 Å². The largest absolute Gasteiger partial charge is 0.325 e. The highest BCUT2D eigenvalue weighted by Crippen LogP contribution is 2.15. The van der Waals surface area contributed by atoms with Crippen molar-refractivity contribution in [3.63, 3.8) is 0 Å². The van der Waals surface area contributed by atoms with Crippen molar-refractivity contribution >= 4 is 27.5 Å². The Labute approximate surface area is 131 Å². The zero-order chi connectivity index (χ0) is 15.2. The van der Waals surface area contributed by atoms with Gasteiger partial charge in [-0.2, -0.15) is 0 Å². The molecule has 2 aromatic rings. The summed E-state index contributed by atoms with van der Waals surface area (Å²) < 4.78 is 14.4. The van der Waals surface area contributed by atoms with Crippen molar-refractivity contribution in [2.45, 2.75) is 6.54 Å². The number of anilines is 1. The number of benzene rings is 2. The number of nitrogens with one attached hydrogen (secondary N) is 1. The molecule has 0 bridgehead atoms. The third-order valence-corrected chi connectivity index (χ3v) is 3.41. The zero-order valence-electron chi connectivity index (χ0n) is 11.6. The van der Waals surface area contributed by atoms with Crippen LogP contribution in [0.4, 0.5) is 10.1 Å². The average molecular weight is 351 g/mol. The molecule has 0 radical (unpaired) electrons. The van der Waals surface area contributed by atoms with Gasteiger partial charge in [-0.05, 0) is 31.3 Å². The van der Waals surface area contributed by atoms with Crippen LogP contribution in [0.1, 0.15) is 5.56 Å². The molecular weight excluding hydrogens is 335 g/mol. The van der Waals surface area contributed by atoms with Gasteiger partial charge in [0.05, 0.1) is 6.54 Å². The smallest absolute Gasteiger partial charge is 0.238 e. The van der Waals surface area contributed by atoms with Crippen molar-refractivity contribution in [1.29, 1.82) is 0 Å². The topological polar surface area (TPSA) is 32.3 Å². The summed E-state index contributed by atoms with van der Waals surface area (Å²) in [6.45, 7) is 0.583. The van der Waals surface area contributed by atoms with Gasteiger partial charge < -0.3 is 5.32 Å². The van der Waals surface area contributed by atoms with Crippen LogP contribution in [0, 0.1) is 5.82 Å². The number of carbonyl (C=O) groups excluding carboxylic acids is 1. The highest BCUT2D eigenvalue weighted by Gasteiger charge is 2.09. The van der Waals surface area contributed by atoms with Crippen molar-refractivity contribution in [3.05, 3.63) is 64.4 Å². The first-order chi connectivity index (χ1) is 10.0. The summed E-state index contributed by atoms with van der Waals surface area (Å²) in [5, 5.41) is 2.81. The first-order valence-electron chi connectivity index (χ1n) is 6.52. The number of rotatable bonds is 5. The molecule has 110 valence electrons. The van der Waals surface area contributed by atoms with Crippen molar-refractivity contribution in [2.75, 3.05) is 18.9 Å². The Morgan fingerprint density at radius 2 is 2.00 bits per heavy atom. The standard InChI is InChI=1S/C16H16BrFN2O/c1-20(10-12-5-2-3-8-15(12)18)11-16(21)19-14-7-4-6-13(17)9-14/h2-9H,10-11H2,1H3,(H,19,21). The molecule has 0 unspecified atom stereocenters. The van der Waals surface area contributed by atoms with Gasteiger partial charge >= 0.3 is 0 Å². The van der Waals surface area contributed by atoms with Crippen LogP contribution in [0.25, 0.3) is 0 Å². The summed E-state index contributed by atoms with van der Waals surface area (Å²) >= 11 is 3.35. The van der Waals surface area contributed by atoms with E-state index in [4.69, 9.17) is 0 Å². The lowest BCUT2D eigenvalue weighted by Crippen LogP contribution is -2.30. The summed E-state index contributed by atoms with van der Waals surface area (Å²) in [6, 6.07) is 14.0. The van der Waals surface area contributed by atoms with Crippen LogP contribution in [0.15, 0.2) is 53.0 Å². The van der Waals surface area contributed by atoms with E-state index in [0.717, 1.165) is 10.2 Å². The average Bonchev–Trinajstić information content (AvgIpc) is 2.41. The minimum Gasteiger partial charge on any atom is -0.325 e. The first-order valence-corrected chi connectivity index (χ1v) is 7.31. The lowest BCUT2D eigenvalue weighted by atomic mass is 10.2. The Kier molecular flexibility index (Phi) is 5.47. The normalized spacial score (nSPS) is 10.7. The molecule has 0 saturated heterocycles. The van der Waals surface area contributed by atoms with Crippen molar-refractivity contribution < 1.29 is 9.18 Å². The summed E-state index contributed by atoms with van der Waals surface area (Å²) in [5.41, 5.74) is 1.31. The van der Waals surface area contributed by atoms with E-state index in [2.05, 4.69) is 21.2 Å². The molecule has 5 heteroatoms. The molecule has 0 fully saturated rings. The van der Waals surface area contributed by atoms with Crippen molar-refractivity contribution in [3.8, 4) is 0 Å². The van der Waals surface area contributed by atoms with Crippen molar-refractivity contribution in [1.82, 2.24) is 4.90 Å². The predicted octanol–water partition coefficient (Wildman–Crippen LogP) is 3.66. The van der Waals surface area contributed by atoms with E-state index in [0.29, 0.717) is 12.1 Å². The molecule has 1 N–H and O–H groups in total. The Bertz CT molecular complexity index is 633. The maximum Gasteiger partial charge on any atom is 0.238 e. The summed E-state index contributed by atoms with van der Waals surface area (Å²) in [7, 11) is 1.78. The van der Waals surface area contributed by atoms with Gasteiger partial charge in [-0.15, -0.1) is 0 Å². The second kappa shape index (κ2) is 7.33. The number of hydrogen-bond acceptors (Lipinski definition) is 2. The fourth-order valence-corrected chi connectivity index (χ4v) is 2.38. The van der Waals surface area contributed by atoms with E-state index in [1.54, 1.807) is 30.1 Å². The molecule has 0 aliphatic carbocycles. The first kappa shape index (κ1) is 15.7. The Morgan fingerprint density at radius 1 is 1.24 bits per heavy atom. The Balaban J connectivity index is 1.89. The van der Waals surface area contributed by atoms with Crippen molar-refractivity contribution in [2.24, 2.45) is 0 Å². The molecule has 2 rings (SSSR count). The van der Waals surface area contributed by atoms with E-state index in [-0.39, 0.29) is 18.3 Å². The van der Waals surface area contributed by atoms with Gasteiger partial charge in [0.15, 0.2) is 0 Å². The molecule has 0 saturated carbocycles. The molecule has 0 aromatic heterocycles. The van der Waals surface area contributed by atoms with E-state index in [9.17, 15) is 9.18 Å². The van der Waals surface area contributed by atoms with Crippen LogP contribution in [0.2, 0.25) is 0 Å². The van der Waals surface area contributed by atoms with Crippen LogP contribution in [-0.4, -0.2) is 24.4 Å². The maximum absolute atomic E-state index is 13.5. The second-order valence-corrected chi connectivity index (χ2v) is 5.74. The molecule has 1 amide bonds. The molecule has 0 spiro atoms. The third kappa shape index (κ3) is 4.95. The molecule has 21 heavy (non-hydrogen) atoms. The minimum absolute atomic E-state index is 0.132. The summed E-state index contributed by atoms with van der Waals surface area (Å²) in [5.74, 6) is -0.385. The quantitative estimate of drug-likeness (QED) is 0.892. The van der Waals surface area contributed by atoms with E-state index in [1.165, 1.54) is 6.07 Å². The molecule has 3 nitrogen and oxygen atoms in total. The number of nitrogens with zero attached hydrogens (tertiary/aromatic N) is 1. The molecule has 0 heterocycles. The van der Waals surface area contributed by atoms with Gasteiger partial charge in [-0.3, -0.25) is 9.69 Å². The monoisotopic (exact) mass is 350 g/mol. The number of hydrogen-bond donors (Lipinski definition) is 1. The molecular formula is C16H16BrFN2O. The van der Waals surface area contributed by atoms with Crippen LogP contribution < -0.4 is 5.32 Å². The van der Waals surface area contributed by atoms with Crippen LogP contribution in [0.5, 0.6) is 0 Å². The lowest BCUT2D eigenvalue weighted by molar-refractivity contribution is -0.117. The van der Waals surface area contributed by atoms with Gasteiger partial charge in [0.25, 0.3) is 0 Å². The van der Waals surface area contributed by atoms with Crippen LogP contribution in [0.3, 0.4) is 0 Å². The zero-order valence-corrected chi connectivity index (χ0v) is 13.2. The SMILES string of the molecule is CN(CC(=O)Nc1cccc(Br)c1)Cc1ccccc1F. The fourth-order valence-electron chi connectivity index (χ4n) is 1.99. The highest BCUT2D eigenvalue weighted by atomic mass is 79.9. The van der Waals surface area contributed by atoms with E-state index < -0.39 is 0 Å². The Morgan fingerprint density at radius 3 is 2.71 bits per heavy atom. The molecule has 2 aromatic carbocycles. The second-order valence-electron chi connectivity index (χ2n) is 4.82. The van der Waals surface area contributed by atoms with Crippen LogP contribution >= 0.6 is 15.9 Å². The maximum atomic E-state index is 13.5. The molecule has 0 aliphatic heterocycles. The summed E-state index contributed by atoms with van der Waals surface area (Å²) in [4.78, 5) is 13.7. The predicted molar refractivity (Wildman–Crippen MR) is 85.5 cm³/mol.